The number of carbonyl (C=O) groups is 1. The smallest absolute Gasteiger partial charge is 0.255 e. The standard InChI is InChI=1S/C19H22N4O/c1-19(2,3)23-9-8-13(12-23)18(24)22-10-14(11-22)17-20-15-6-4-5-7-16(15)21-17/h4-9,12,14H,10-11H2,1-3H3,(H,20,21). The van der Waals surface area contributed by atoms with Crippen molar-refractivity contribution in [1.29, 1.82) is 0 Å². The van der Waals surface area contributed by atoms with E-state index in [1.165, 1.54) is 0 Å². The number of hydrogen-bond acceptors (Lipinski definition) is 2. The van der Waals surface area contributed by atoms with Crippen molar-refractivity contribution in [3.63, 3.8) is 0 Å². The first-order valence-electron chi connectivity index (χ1n) is 8.34. The molecule has 0 atom stereocenters. The summed E-state index contributed by atoms with van der Waals surface area (Å²) in [5, 5.41) is 0. The molecule has 1 amide bonds. The summed E-state index contributed by atoms with van der Waals surface area (Å²) in [4.78, 5) is 22.5. The van der Waals surface area contributed by atoms with Crippen molar-refractivity contribution >= 4 is 16.9 Å². The molecule has 1 saturated heterocycles. The fraction of sp³-hybridized carbons (Fsp3) is 0.368. The molecule has 4 rings (SSSR count). The van der Waals surface area contributed by atoms with Gasteiger partial charge in [0.15, 0.2) is 0 Å². The number of H-pyrrole nitrogens is 1. The number of nitrogens with zero attached hydrogens (tertiary/aromatic N) is 3. The summed E-state index contributed by atoms with van der Waals surface area (Å²) in [7, 11) is 0. The van der Waals surface area contributed by atoms with Crippen LogP contribution in [0.3, 0.4) is 0 Å². The number of nitrogens with one attached hydrogen (secondary N) is 1. The summed E-state index contributed by atoms with van der Waals surface area (Å²) in [5.41, 5.74) is 2.79. The average Bonchev–Trinajstić information content (AvgIpc) is 3.11. The molecule has 1 aromatic carbocycles. The first-order valence-corrected chi connectivity index (χ1v) is 8.34. The lowest BCUT2D eigenvalue weighted by Crippen LogP contribution is -2.48. The zero-order valence-corrected chi connectivity index (χ0v) is 14.3. The Morgan fingerprint density at radius 3 is 2.62 bits per heavy atom. The van der Waals surface area contributed by atoms with Gasteiger partial charge in [-0.1, -0.05) is 12.1 Å². The van der Waals surface area contributed by atoms with E-state index in [2.05, 4.69) is 35.3 Å². The lowest BCUT2D eigenvalue weighted by Gasteiger charge is -2.38. The second kappa shape index (κ2) is 5.23. The Balaban J connectivity index is 1.45. The highest BCUT2D eigenvalue weighted by Crippen LogP contribution is 2.28. The predicted molar refractivity (Wildman–Crippen MR) is 94.2 cm³/mol. The highest BCUT2D eigenvalue weighted by molar-refractivity contribution is 5.94. The summed E-state index contributed by atoms with van der Waals surface area (Å²) >= 11 is 0. The zero-order valence-electron chi connectivity index (χ0n) is 14.3. The van der Waals surface area contributed by atoms with Gasteiger partial charge >= 0.3 is 0 Å². The maximum absolute atomic E-state index is 12.6. The molecule has 0 radical (unpaired) electrons. The van der Waals surface area contributed by atoms with Gasteiger partial charge in [-0.05, 0) is 39.0 Å². The Kier molecular flexibility index (Phi) is 3.27. The minimum atomic E-state index is -0.00964. The first-order chi connectivity index (χ1) is 11.4. The summed E-state index contributed by atoms with van der Waals surface area (Å²) in [6.45, 7) is 7.83. The molecule has 2 aromatic heterocycles. The van der Waals surface area contributed by atoms with Crippen molar-refractivity contribution in [1.82, 2.24) is 19.4 Å². The van der Waals surface area contributed by atoms with E-state index in [0.717, 1.165) is 35.5 Å². The van der Waals surface area contributed by atoms with Crippen LogP contribution in [-0.2, 0) is 5.54 Å². The third-order valence-electron chi connectivity index (χ3n) is 4.68. The number of amides is 1. The minimum absolute atomic E-state index is 0.00964. The number of likely N-dealkylation sites (tertiary alicyclic amines) is 1. The Bertz CT molecular complexity index is 860. The Morgan fingerprint density at radius 2 is 1.96 bits per heavy atom. The summed E-state index contributed by atoms with van der Waals surface area (Å²) in [5.74, 6) is 1.38. The Morgan fingerprint density at radius 1 is 1.21 bits per heavy atom. The van der Waals surface area contributed by atoms with Gasteiger partial charge < -0.3 is 14.5 Å². The van der Waals surface area contributed by atoms with Crippen LogP contribution in [0.25, 0.3) is 11.0 Å². The lowest BCUT2D eigenvalue weighted by molar-refractivity contribution is 0.0595. The number of fused-ring (bicyclic) bond motifs is 1. The van der Waals surface area contributed by atoms with Crippen LogP contribution in [0.5, 0.6) is 0 Å². The van der Waals surface area contributed by atoms with Crippen LogP contribution in [0, 0.1) is 0 Å². The number of imidazole rings is 1. The van der Waals surface area contributed by atoms with Gasteiger partial charge in [-0.2, -0.15) is 0 Å². The summed E-state index contributed by atoms with van der Waals surface area (Å²) in [6.07, 6.45) is 3.92. The predicted octanol–water partition coefficient (Wildman–Crippen LogP) is 3.36. The van der Waals surface area contributed by atoms with Crippen LogP contribution in [0.2, 0.25) is 0 Å². The van der Waals surface area contributed by atoms with Gasteiger partial charge in [0.05, 0.1) is 22.5 Å². The topological polar surface area (TPSA) is 53.9 Å². The number of aromatic nitrogens is 3. The number of benzene rings is 1. The van der Waals surface area contributed by atoms with Crippen molar-refractivity contribution in [3.8, 4) is 0 Å². The summed E-state index contributed by atoms with van der Waals surface area (Å²) < 4.78 is 2.08. The van der Waals surface area contributed by atoms with Gasteiger partial charge in [0.1, 0.15) is 5.82 Å². The van der Waals surface area contributed by atoms with Crippen molar-refractivity contribution in [2.75, 3.05) is 13.1 Å². The van der Waals surface area contributed by atoms with Crippen LogP contribution in [0.1, 0.15) is 42.9 Å². The Hall–Kier alpha value is -2.56. The van der Waals surface area contributed by atoms with Gasteiger partial charge in [0.25, 0.3) is 5.91 Å². The molecule has 0 aliphatic carbocycles. The van der Waals surface area contributed by atoms with Crippen LogP contribution in [-0.4, -0.2) is 38.4 Å². The molecule has 1 aliphatic heterocycles. The molecule has 1 N–H and O–H groups in total. The number of aromatic amines is 1. The fourth-order valence-electron chi connectivity index (χ4n) is 3.11. The van der Waals surface area contributed by atoms with E-state index in [-0.39, 0.29) is 11.4 Å². The minimum Gasteiger partial charge on any atom is -0.348 e. The van der Waals surface area contributed by atoms with Gasteiger partial charge in [0.2, 0.25) is 0 Å². The van der Waals surface area contributed by atoms with E-state index < -0.39 is 0 Å². The largest absolute Gasteiger partial charge is 0.348 e. The third kappa shape index (κ3) is 2.50. The molecule has 24 heavy (non-hydrogen) atoms. The molecular weight excluding hydrogens is 300 g/mol. The molecule has 1 fully saturated rings. The zero-order chi connectivity index (χ0) is 16.9. The van der Waals surface area contributed by atoms with Crippen molar-refractivity contribution in [3.05, 3.63) is 54.1 Å². The number of rotatable bonds is 2. The monoisotopic (exact) mass is 322 g/mol. The highest BCUT2D eigenvalue weighted by Gasteiger charge is 2.34. The van der Waals surface area contributed by atoms with Gasteiger partial charge in [-0.3, -0.25) is 4.79 Å². The van der Waals surface area contributed by atoms with Crippen LogP contribution in [0.4, 0.5) is 0 Å². The van der Waals surface area contributed by atoms with E-state index in [9.17, 15) is 4.79 Å². The molecule has 3 aromatic rings. The van der Waals surface area contributed by atoms with Gasteiger partial charge in [-0.25, -0.2) is 4.98 Å². The van der Waals surface area contributed by atoms with Crippen molar-refractivity contribution in [2.24, 2.45) is 0 Å². The van der Waals surface area contributed by atoms with Gasteiger partial charge in [0, 0.05) is 31.0 Å². The second-order valence-corrected chi connectivity index (χ2v) is 7.52. The lowest BCUT2D eigenvalue weighted by atomic mass is 9.98. The Labute approximate surface area is 141 Å². The molecular formula is C19H22N4O. The van der Waals surface area contributed by atoms with E-state index in [4.69, 9.17) is 0 Å². The van der Waals surface area contributed by atoms with E-state index >= 15 is 0 Å². The van der Waals surface area contributed by atoms with Crippen molar-refractivity contribution in [2.45, 2.75) is 32.2 Å². The molecule has 0 unspecified atom stereocenters. The van der Waals surface area contributed by atoms with Gasteiger partial charge in [-0.15, -0.1) is 0 Å². The van der Waals surface area contributed by atoms with Crippen molar-refractivity contribution < 1.29 is 4.79 Å². The molecule has 0 spiro atoms. The molecule has 5 nitrogen and oxygen atoms in total. The van der Waals surface area contributed by atoms with E-state index in [1.54, 1.807) is 0 Å². The number of para-hydroxylation sites is 2. The number of carbonyl (C=O) groups excluding carboxylic acids is 1. The first kappa shape index (κ1) is 15.0. The van der Waals surface area contributed by atoms with Crippen LogP contribution in [0.15, 0.2) is 42.7 Å². The average molecular weight is 322 g/mol. The summed E-state index contributed by atoms with van der Waals surface area (Å²) in [6, 6.07) is 9.93. The molecule has 5 heteroatoms. The molecule has 0 saturated carbocycles. The molecule has 1 aliphatic rings. The second-order valence-electron chi connectivity index (χ2n) is 7.52. The SMILES string of the molecule is CC(C)(C)n1ccc(C(=O)N2CC(c3nc4ccccc4[nH]3)C2)c1. The normalized spacial score (nSPS) is 15.7. The van der Waals surface area contributed by atoms with Crippen LogP contribution >= 0.6 is 0 Å². The van der Waals surface area contributed by atoms with E-state index in [1.807, 2.05) is 47.6 Å². The molecule has 0 bridgehead atoms. The maximum atomic E-state index is 12.6. The third-order valence-corrected chi connectivity index (χ3v) is 4.68. The van der Waals surface area contributed by atoms with Crippen LogP contribution < -0.4 is 0 Å². The van der Waals surface area contributed by atoms with E-state index in [0.29, 0.717) is 5.92 Å². The highest BCUT2D eigenvalue weighted by atomic mass is 16.2. The fourth-order valence-corrected chi connectivity index (χ4v) is 3.11. The number of hydrogen-bond donors (Lipinski definition) is 1. The molecule has 3 heterocycles. The quantitative estimate of drug-likeness (QED) is 0.786. The molecule has 124 valence electrons. The maximum Gasteiger partial charge on any atom is 0.255 e.